The van der Waals surface area contributed by atoms with E-state index in [1.165, 1.54) is 25.5 Å². The highest BCUT2D eigenvalue weighted by atomic mass is 16.5. The quantitative estimate of drug-likeness (QED) is 0.448. The van der Waals surface area contributed by atoms with Crippen LogP contribution in [0.5, 0.6) is 5.75 Å². The van der Waals surface area contributed by atoms with Crippen LogP contribution in [0.25, 0.3) is 10.9 Å². The fourth-order valence-corrected chi connectivity index (χ4v) is 1.99. The first kappa shape index (κ1) is 21.6. The van der Waals surface area contributed by atoms with Gasteiger partial charge in [-0.1, -0.05) is 40.2 Å². The highest BCUT2D eigenvalue weighted by Gasteiger charge is 2.01. The second-order valence-electron chi connectivity index (χ2n) is 4.96. The Hall–Kier alpha value is -2.43. The van der Waals surface area contributed by atoms with E-state index in [1.807, 2.05) is 38.2 Å². The monoisotopic (exact) mass is 332 g/mol. The normalized spacial score (nSPS) is 9.17. The van der Waals surface area contributed by atoms with Crippen molar-refractivity contribution in [3.63, 3.8) is 0 Å². The molecule has 24 heavy (non-hydrogen) atoms. The van der Waals surface area contributed by atoms with E-state index in [1.54, 1.807) is 7.11 Å². The number of rotatable bonds is 7. The first-order chi connectivity index (χ1) is 11.6. The summed E-state index contributed by atoms with van der Waals surface area (Å²) in [7, 11) is 1.64. The molecule has 0 spiro atoms. The lowest BCUT2D eigenvalue weighted by molar-refractivity contribution is 0.415. The number of hydrogen-bond donors (Lipinski definition) is 4. The van der Waals surface area contributed by atoms with Gasteiger partial charge in [-0.15, -0.1) is 0 Å². The Bertz CT molecular complexity index is 604. The highest BCUT2D eigenvalue weighted by molar-refractivity contribution is 5.98. The first-order valence-corrected chi connectivity index (χ1v) is 8.46. The summed E-state index contributed by atoms with van der Waals surface area (Å²) in [5.74, 6) is 1.39. The van der Waals surface area contributed by atoms with Crippen LogP contribution in [-0.4, -0.2) is 24.9 Å². The molecule has 1 heterocycles. The molecule has 0 amide bonds. The van der Waals surface area contributed by atoms with Crippen molar-refractivity contribution in [2.45, 2.75) is 40.0 Å². The lowest BCUT2D eigenvalue weighted by atomic mass is 10.2. The Morgan fingerprint density at radius 2 is 2.08 bits per heavy atom. The van der Waals surface area contributed by atoms with Crippen molar-refractivity contribution in [2.24, 2.45) is 5.73 Å². The molecule has 0 saturated carbocycles. The van der Waals surface area contributed by atoms with Crippen molar-refractivity contribution in [1.29, 1.82) is 5.41 Å². The van der Waals surface area contributed by atoms with Gasteiger partial charge in [0.15, 0.2) is 0 Å². The van der Waals surface area contributed by atoms with E-state index in [-0.39, 0.29) is 0 Å². The average Bonchev–Trinajstić information content (AvgIpc) is 3.03. The van der Waals surface area contributed by atoms with E-state index in [4.69, 9.17) is 15.9 Å². The number of methoxy groups -OCH3 is 1. The van der Waals surface area contributed by atoms with Crippen molar-refractivity contribution in [3.05, 3.63) is 42.4 Å². The summed E-state index contributed by atoms with van der Waals surface area (Å²) in [5, 5.41) is 11.2. The molecule has 5 heteroatoms. The molecule has 0 fully saturated rings. The Kier molecular flexibility index (Phi) is 11.7. The van der Waals surface area contributed by atoms with Crippen LogP contribution >= 0.6 is 0 Å². The second-order valence-corrected chi connectivity index (χ2v) is 4.96. The van der Waals surface area contributed by atoms with Gasteiger partial charge in [-0.05, 0) is 24.6 Å². The Labute approximate surface area is 145 Å². The Morgan fingerprint density at radius 1 is 1.38 bits per heavy atom. The van der Waals surface area contributed by atoms with Crippen molar-refractivity contribution in [3.8, 4) is 5.75 Å². The molecule has 0 aliphatic carbocycles. The highest BCUT2D eigenvalue weighted by Crippen LogP contribution is 2.22. The number of hydrogen-bond acceptors (Lipinski definition) is 4. The molecule has 0 atom stereocenters. The molecule has 5 nitrogen and oxygen atoms in total. The molecule has 0 saturated heterocycles. The lowest BCUT2D eigenvalue weighted by Gasteiger charge is -2.02. The molecule has 0 unspecified atom stereocenters. The fourth-order valence-electron chi connectivity index (χ4n) is 1.99. The van der Waals surface area contributed by atoms with Gasteiger partial charge in [-0.3, -0.25) is 0 Å². The summed E-state index contributed by atoms with van der Waals surface area (Å²) >= 11 is 0. The predicted octanol–water partition coefficient (Wildman–Crippen LogP) is 4.40. The van der Waals surface area contributed by atoms with Gasteiger partial charge in [-0.2, -0.15) is 0 Å². The van der Waals surface area contributed by atoms with Crippen LogP contribution in [0.3, 0.4) is 0 Å². The van der Waals surface area contributed by atoms with Crippen LogP contribution in [0.2, 0.25) is 0 Å². The molecule has 5 N–H and O–H groups in total. The summed E-state index contributed by atoms with van der Waals surface area (Å²) in [6, 6.07) is 5.76. The number of aromatic nitrogens is 1. The van der Waals surface area contributed by atoms with Crippen molar-refractivity contribution < 1.29 is 4.74 Å². The van der Waals surface area contributed by atoms with Gasteiger partial charge in [0.2, 0.25) is 0 Å². The minimum atomic E-state index is 0.575. The maximum absolute atomic E-state index is 7.18. The summed E-state index contributed by atoms with van der Waals surface area (Å²) < 4.78 is 5.10. The third-order valence-electron chi connectivity index (χ3n) is 3.21. The van der Waals surface area contributed by atoms with Crippen LogP contribution in [0.4, 0.5) is 0 Å². The molecular weight excluding hydrogens is 300 g/mol. The number of H-pyrrole nitrogens is 1. The molecule has 2 rings (SSSR count). The van der Waals surface area contributed by atoms with Gasteiger partial charge >= 0.3 is 0 Å². The lowest BCUT2D eigenvalue weighted by Crippen LogP contribution is -2.19. The van der Waals surface area contributed by atoms with Crippen LogP contribution < -0.4 is 15.8 Å². The molecule has 0 bridgehead atoms. The van der Waals surface area contributed by atoms with Gasteiger partial charge in [0, 0.05) is 35.4 Å². The standard InChI is InChI=1S/C10H10N2O.C7H16N2.C2H6/c1-13-8-2-3-10-9(4-8)7(5-11)6-12-10;1-3-4-5-6-9-7(2)8;1-2/h2-6,11-12H,1H3;9H,2-6,8H2,1H3;1-2H3. The number of unbranched alkanes of at least 4 members (excludes halogenated alkanes) is 2. The summed E-state index contributed by atoms with van der Waals surface area (Å²) in [5.41, 5.74) is 7.18. The van der Waals surface area contributed by atoms with Gasteiger partial charge in [0.25, 0.3) is 0 Å². The van der Waals surface area contributed by atoms with Crippen LogP contribution in [0, 0.1) is 5.41 Å². The van der Waals surface area contributed by atoms with Gasteiger partial charge in [-0.25, -0.2) is 0 Å². The summed E-state index contributed by atoms with van der Waals surface area (Å²) in [6.45, 7) is 10.7. The number of fused-ring (bicyclic) bond motifs is 1. The van der Waals surface area contributed by atoms with Gasteiger partial charge < -0.3 is 26.2 Å². The van der Waals surface area contributed by atoms with Crippen molar-refractivity contribution >= 4 is 17.1 Å². The molecule has 1 aromatic heterocycles. The van der Waals surface area contributed by atoms with Crippen LogP contribution in [0.15, 0.2) is 36.8 Å². The van der Waals surface area contributed by atoms with E-state index in [0.717, 1.165) is 28.8 Å². The van der Waals surface area contributed by atoms with Crippen LogP contribution in [0.1, 0.15) is 45.6 Å². The van der Waals surface area contributed by atoms with E-state index < -0.39 is 0 Å². The predicted molar refractivity (Wildman–Crippen MR) is 105 cm³/mol. The van der Waals surface area contributed by atoms with Gasteiger partial charge in [0.05, 0.1) is 12.9 Å². The molecule has 2 aromatic rings. The molecule has 0 aliphatic rings. The molecule has 1 aromatic carbocycles. The van der Waals surface area contributed by atoms with Crippen molar-refractivity contribution in [1.82, 2.24) is 10.3 Å². The number of nitrogens with two attached hydrogens (primary N) is 1. The van der Waals surface area contributed by atoms with E-state index in [9.17, 15) is 0 Å². The fraction of sp³-hybridized carbons (Fsp3) is 0.421. The number of ether oxygens (including phenoxy) is 1. The number of aromatic amines is 1. The SMILES string of the molecule is C=C(N)NCCCCC.CC.COc1ccc2[nH]cc(C=N)c2c1. The Morgan fingerprint density at radius 3 is 2.62 bits per heavy atom. The molecule has 0 radical (unpaired) electrons. The van der Waals surface area contributed by atoms with E-state index in [0.29, 0.717) is 5.82 Å². The molecule has 0 aliphatic heterocycles. The largest absolute Gasteiger partial charge is 0.497 e. The maximum Gasteiger partial charge on any atom is 0.119 e. The first-order valence-electron chi connectivity index (χ1n) is 8.46. The minimum Gasteiger partial charge on any atom is -0.497 e. The summed E-state index contributed by atoms with van der Waals surface area (Å²) in [6.07, 6.45) is 6.85. The minimum absolute atomic E-state index is 0.575. The zero-order valence-corrected chi connectivity index (χ0v) is 15.4. The summed E-state index contributed by atoms with van der Waals surface area (Å²) in [4.78, 5) is 3.08. The number of benzene rings is 1. The zero-order chi connectivity index (χ0) is 18.4. The average molecular weight is 332 g/mol. The third-order valence-corrected chi connectivity index (χ3v) is 3.21. The van der Waals surface area contributed by atoms with E-state index >= 15 is 0 Å². The Balaban J connectivity index is 0.000000426. The third kappa shape index (κ3) is 7.72. The maximum atomic E-state index is 7.18. The molecule has 134 valence electrons. The second kappa shape index (κ2) is 13.0. The van der Waals surface area contributed by atoms with Gasteiger partial charge in [0.1, 0.15) is 5.75 Å². The molecular formula is C19H32N4O. The smallest absolute Gasteiger partial charge is 0.119 e. The number of nitrogens with one attached hydrogen (secondary N) is 3. The zero-order valence-electron chi connectivity index (χ0n) is 15.4. The van der Waals surface area contributed by atoms with Crippen LogP contribution in [-0.2, 0) is 0 Å². The van der Waals surface area contributed by atoms with E-state index in [2.05, 4.69) is 23.8 Å². The van der Waals surface area contributed by atoms with Crippen molar-refractivity contribution in [2.75, 3.05) is 13.7 Å². The topological polar surface area (TPSA) is 86.9 Å².